The van der Waals surface area contributed by atoms with Gasteiger partial charge in [-0.05, 0) is 37.3 Å². The van der Waals surface area contributed by atoms with Crippen LogP contribution in [0.4, 0.5) is 10.1 Å². The Morgan fingerprint density at radius 3 is 2.83 bits per heavy atom. The molecular formula is C13H12FNO3. The van der Waals surface area contributed by atoms with E-state index in [1.807, 2.05) is 6.92 Å². The van der Waals surface area contributed by atoms with E-state index in [-0.39, 0.29) is 11.6 Å². The Hall–Kier alpha value is -2.30. The van der Waals surface area contributed by atoms with E-state index in [2.05, 4.69) is 5.32 Å². The molecule has 1 aromatic heterocycles. The molecule has 18 heavy (non-hydrogen) atoms. The SMILES string of the molecule is CC(Nc1ccc(F)cc1C(=O)O)c1ccco1. The third-order valence-electron chi connectivity index (χ3n) is 2.55. The predicted octanol–water partition coefficient (Wildman–Crippen LogP) is 3.29. The van der Waals surface area contributed by atoms with Gasteiger partial charge in [-0.1, -0.05) is 0 Å². The van der Waals surface area contributed by atoms with E-state index in [1.165, 1.54) is 18.4 Å². The summed E-state index contributed by atoms with van der Waals surface area (Å²) in [5, 5.41) is 12.0. The summed E-state index contributed by atoms with van der Waals surface area (Å²) in [6, 6.07) is 6.92. The van der Waals surface area contributed by atoms with Crippen LogP contribution in [-0.2, 0) is 0 Å². The smallest absolute Gasteiger partial charge is 0.337 e. The minimum atomic E-state index is -1.18. The van der Waals surface area contributed by atoms with Crippen molar-refractivity contribution < 1.29 is 18.7 Å². The average molecular weight is 249 g/mol. The molecule has 1 aromatic carbocycles. The molecule has 0 saturated carbocycles. The standard InChI is InChI=1S/C13H12FNO3/c1-8(12-3-2-6-18-12)15-11-5-4-9(14)7-10(11)13(16)17/h2-8,15H,1H3,(H,16,17). The molecule has 0 aliphatic rings. The summed E-state index contributed by atoms with van der Waals surface area (Å²) in [6.07, 6.45) is 1.54. The molecule has 1 atom stereocenters. The van der Waals surface area contributed by atoms with Gasteiger partial charge in [0.25, 0.3) is 0 Å². The lowest BCUT2D eigenvalue weighted by Gasteiger charge is -2.14. The zero-order valence-corrected chi connectivity index (χ0v) is 9.68. The van der Waals surface area contributed by atoms with Gasteiger partial charge in [-0.25, -0.2) is 9.18 Å². The second-order valence-electron chi connectivity index (χ2n) is 3.88. The number of hydrogen-bond acceptors (Lipinski definition) is 3. The molecule has 0 amide bonds. The molecule has 5 heteroatoms. The maximum absolute atomic E-state index is 13.0. The minimum absolute atomic E-state index is 0.103. The topological polar surface area (TPSA) is 62.5 Å². The van der Waals surface area contributed by atoms with Gasteiger partial charge in [-0.3, -0.25) is 0 Å². The normalized spacial score (nSPS) is 12.1. The molecule has 0 radical (unpaired) electrons. The Morgan fingerprint density at radius 1 is 1.44 bits per heavy atom. The molecular weight excluding hydrogens is 237 g/mol. The third kappa shape index (κ3) is 2.51. The molecule has 0 saturated heterocycles. The molecule has 0 aliphatic carbocycles. The molecule has 1 unspecified atom stereocenters. The van der Waals surface area contributed by atoms with Crippen molar-refractivity contribution in [1.29, 1.82) is 0 Å². The van der Waals surface area contributed by atoms with Gasteiger partial charge >= 0.3 is 5.97 Å². The summed E-state index contributed by atoms with van der Waals surface area (Å²) in [6.45, 7) is 1.83. The lowest BCUT2D eigenvalue weighted by Crippen LogP contribution is -2.10. The first kappa shape index (κ1) is 12.2. The van der Waals surface area contributed by atoms with Gasteiger partial charge in [-0.15, -0.1) is 0 Å². The van der Waals surface area contributed by atoms with Crippen molar-refractivity contribution in [3.05, 3.63) is 53.7 Å². The highest BCUT2D eigenvalue weighted by Gasteiger charge is 2.15. The number of carboxylic acid groups (broad SMARTS) is 1. The van der Waals surface area contributed by atoms with E-state index < -0.39 is 11.8 Å². The second kappa shape index (κ2) is 4.91. The monoisotopic (exact) mass is 249 g/mol. The van der Waals surface area contributed by atoms with Crippen LogP contribution in [0.2, 0.25) is 0 Å². The van der Waals surface area contributed by atoms with Gasteiger partial charge < -0.3 is 14.8 Å². The number of carbonyl (C=O) groups is 1. The van der Waals surface area contributed by atoms with Gasteiger partial charge in [0, 0.05) is 5.69 Å². The predicted molar refractivity (Wildman–Crippen MR) is 64.1 cm³/mol. The summed E-state index contributed by atoms with van der Waals surface area (Å²) >= 11 is 0. The highest BCUT2D eigenvalue weighted by atomic mass is 19.1. The van der Waals surface area contributed by atoms with E-state index in [0.717, 1.165) is 6.07 Å². The maximum Gasteiger partial charge on any atom is 0.337 e. The first-order valence-electron chi connectivity index (χ1n) is 5.40. The van der Waals surface area contributed by atoms with Crippen molar-refractivity contribution in [3.63, 3.8) is 0 Å². The van der Waals surface area contributed by atoms with Crippen LogP contribution in [0.15, 0.2) is 41.0 Å². The maximum atomic E-state index is 13.0. The van der Waals surface area contributed by atoms with E-state index in [1.54, 1.807) is 12.1 Å². The van der Waals surface area contributed by atoms with Crippen LogP contribution in [0.5, 0.6) is 0 Å². The Labute approximate surface area is 103 Å². The van der Waals surface area contributed by atoms with Gasteiger partial charge in [-0.2, -0.15) is 0 Å². The van der Waals surface area contributed by atoms with Crippen molar-refractivity contribution in [2.45, 2.75) is 13.0 Å². The van der Waals surface area contributed by atoms with Crippen molar-refractivity contribution in [3.8, 4) is 0 Å². The highest BCUT2D eigenvalue weighted by Crippen LogP contribution is 2.23. The van der Waals surface area contributed by atoms with E-state index in [9.17, 15) is 9.18 Å². The Morgan fingerprint density at radius 2 is 2.22 bits per heavy atom. The summed E-state index contributed by atoms with van der Waals surface area (Å²) < 4.78 is 18.2. The number of hydrogen-bond donors (Lipinski definition) is 2. The van der Waals surface area contributed by atoms with Crippen LogP contribution in [0.25, 0.3) is 0 Å². The molecule has 4 nitrogen and oxygen atoms in total. The number of aromatic carboxylic acids is 1. The number of benzene rings is 1. The zero-order valence-electron chi connectivity index (χ0n) is 9.68. The molecule has 0 spiro atoms. The van der Waals surface area contributed by atoms with Crippen LogP contribution in [-0.4, -0.2) is 11.1 Å². The van der Waals surface area contributed by atoms with E-state index in [0.29, 0.717) is 11.4 Å². The van der Waals surface area contributed by atoms with Crippen molar-refractivity contribution >= 4 is 11.7 Å². The first-order chi connectivity index (χ1) is 8.58. The minimum Gasteiger partial charge on any atom is -0.478 e. The lowest BCUT2D eigenvalue weighted by molar-refractivity contribution is 0.0697. The quantitative estimate of drug-likeness (QED) is 0.872. The Balaban J connectivity index is 2.26. The molecule has 1 heterocycles. The summed E-state index contributed by atoms with van der Waals surface area (Å²) in [4.78, 5) is 11.0. The number of rotatable bonds is 4. The Kier molecular flexibility index (Phi) is 3.32. The van der Waals surface area contributed by atoms with E-state index >= 15 is 0 Å². The molecule has 0 bridgehead atoms. The largest absolute Gasteiger partial charge is 0.478 e. The molecule has 2 rings (SSSR count). The van der Waals surface area contributed by atoms with Crippen molar-refractivity contribution in [2.75, 3.05) is 5.32 Å². The van der Waals surface area contributed by atoms with Crippen LogP contribution >= 0.6 is 0 Å². The average Bonchev–Trinajstić information content (AvgIpc) is 2.84. The molecule has 94 valence electrons. The van der Waals surface area contributed by atoms with Gasteiger partial charge in [0.1, 0.15) is 11.6 Å². The summed E-state index contributed by atoms with van der Waals surface area (Å²) in [7, 11) is 0. The fraction of sp³-hybridized carbons (Fsp3) is 0.154. The fourth-order valence-corrected chi connectivity index (χ4v) is 1.66. The molecule has 2 aromatic rings. The molecule has 2 N–H and O–H groups in total. The second-order valence-corrected chi connectivity index (χ2v) is 3.88. The Bertz CT molecular complexity index is 551. The third-order valence-corrected chi connectivity index (χ3v) is 2.55. The van der Waals surface area contributed by atoms with E-state index in [4.69, 9.17) is 9.52 Å². The zero-order chi connectivity index (χ0) is 13.1. The van der Waals surface area contributed by atoms with Crippen molar-refractivity contribution in [1.82, 2.24) is 0 Å². The fourth-order valence-electron chi connectivity index (χ4n) is 1.66. The van der Waals surface area contributed by atoms with Crippen LogP contribution < -0.4 is 5.32 Å². The van der Waals surface area contributed by atoms with Crippen LogP contribution in [0.1, 0.15) is 29.1 Å². The number of nitrogens with one attached hydrogen (secondary N) is 1. The number of carboxylic acids is 1. The molecule has 0 aliphatic heterocycles. The molecule has 0 fully saturated rings. The van der Waals surface area contributed by atoms with Crippen LogP contribution in [0.3, 0.4) is 0 Å². The number of halogens is 1. The van der Waals surface area contributed by atoms with Gasteiger partial charge in [0.15, 0.2) is 0 Å². The van der Waals surface area contributed by atoms with Gasteiger partial charge in [0.05, 0.1) is 17.9 Å². The van der Waals surface area contributed by atoms with Crippen molar-refractivity contribution in [2.24, 2.45) is 0 Å². The van der Waals surface area contributed by atoms with Gasteiger partial charge in [0.2, 0.25) is 0 Å². The summed E-state index contributed by atoms with van der Waals surface area (Å²) in [5.74, 6) is -1.08. The summed E-state index contributed by atoms with van der Waals surface area (Å²) in [5.41, 5.74) is 0.251. The first-order valence-corrected chi connectivity index (χ1v) is 5.40. The lowest BCUT2D eigenvalue weighted by atomic mass is 10.1. The number of anilines is 1. The van der Waals surface area contributed by atoms with Crippen LogP contribution in [0, 0.1) is 5.82 Å². The highest BCUT2D eigenvalue weighted by molar-refractivity contribution is 5.94. The number of furan rings is 1.